The lowest BCUT2D eigenvalue weighted by Gasteiger charge is -2.23. The molecule has 10 heteroatoms. The van der Waals surface area contributed by atoms with Crippen molar-refractivity contribution in [3.8, 4) is 5.69 Å². The van der Waals surface area contributed by atoms with E-state index in [1.54, 1.807) is 23.7 Å². The van der Waals surface area contributed by atoms with Crippen molar-refractivity contribution in [1.29, 1.82) is 0 Å². The third-order valence-corrected chi connectivity index (χ3v) is 4.62. The van der Waals surface area contributed by atoms with E-state index in [1.807, 2.05) is 46.0 Å². The summed E-state index contributed by atoms with van der Waals surface area (Å²) in [5.74, 6) is 0.554. The number of urea groups is 1. The Morgan fingerprint density at radius 1 is 1.21 bits per heavy atom. The number of aromatic nitrogens is 6. The molecular weight excluding hydrogens is 358 g/mol. The first-order valence-corrected chi connectivity index (χ1v) is 9.21. The first-order chi connectivity index (χ1) is 13.6. The second-order valence-corrected chi connectivity index (χ2v) is 6.91. The van der Waals surface area contributed by atoms with E-state index >= 15 is 0 Å². The van der Waals surface area contributed by atoms with E-state index in [2.05, 4.69) is 25.9 Å². The van der Waals surface area contributed by atoms with E-state index in [4.69, 9.17) is 0 Å². The van der Waals surface area contributed by atoms with Crippen LogP contribution in [0.5, 0.6) is 0 Å². The van der Waals surface area contributed by atoms with E-state index in [0.29, 0.717) is 19.0 Å². The maximum atomic E-state index is 12.3. The van der Waals surface area contributed by atoms with Crippen molar-refractivity contribution in [3.63, 3.8) is 0 Å². The van der Waals surface area contributed by atoms with Gasteiger partial charge in [-0.15, -0.1) is 0 Å². The molecule has 3 aromatic rings. The van der Waals surface area contributed by atoms with E-state index in [-0.39, 0.29) is 6.03 Å². The van der Waals surface area contributed by atoms with Crippen LogP contribution in [0.2, 0.25) is 0 Å². The second kappa shape index (κ2) is 7.67. The number of nitrogens with one attached hydrogen (secondary N) is 1. The normalized spacial score (nSPS) is 13.7. The number of para-hydroxylation sites is 1. The summed E-state index contributed by atoms with van der Waals surface area (Å²) in [6.07, 6.45) is 0.882. The highest BCUT2D eigenvalue weighted by atomic mass is 16.2. The van der Waals surface area contributed by atoms with Crippen molar-refractivity contribution in [1.82, 2.24) is 39.8 Å². The largest absolute Gasteiger partial charge is 0.347 e. The summed E-state index contributed by atoms with van der Waals surface area (Å²) >= 11 is 0. The van der Waals surface area contributed by atoms with Gasteiger partial charge in [0.05, 0.1) is 30.2 Å². The number of nitrogens with zero attached hydrogens (tertiary/aromatic N) is 8. The van der Waals surface area contributed by atoms with Crippen LogP contribution in [0.25, 0.3) is 5.69 Å². The molecule has 2 aromatic heterocycles. The van der Waals surface area contributed by atoms with Gasteiger partial charge < -0.3 is 15.1 Å². The average Bonchev–Trinajstić information content (AvgIpc) is 3.28. The smallest absolute Gasteiger partial charge is 0.319 e. The van der Waals surface area contributed by atoms with Gasteiger partial charge >= 0.3 is 6.03 Å². The van der Waals surface area contributed by atoms with Gasteiger partial charge in [0.15, 0.2) is 0 Å². The van der Waals surface area contributed by atoms with E-state index < -0.39 is 0 Å². The van der Waals surface area contributed by atoms with Crippen LogP contribution in [0.1, 0.15) is 17.8 Å². The van der Waals surface area contributed by atoms with Crippen LogP contribution in [0, 0.1) is 0 Å². The molecule has 0 radical (unpaired) electrons. The third-order valence-electron chi connectivity index (χ3n) is 4.62. The van der Waals surface area contributed by atoms with E-state index in [1.165, 1.54) is 0 Å². The Morgan fingerprint density at radius 2 is 2.04 bits per heavy atom. The average molecular weight is 381 g/mol. The predicted molar refractivity (Wildman–Crippen MR) is 103 cm³/mol. The van der Waals surface area contributed by atoms with Crippen molar-refractivity contribution in [2.75, 3.05) is 26.0 Å². The number of fused-ring (bicyclic) bond motifs is 1. The van der Waals surface area contributed by atoms with Crippen molar-refractivity contribution < 1.29 is 4.79 Å². The zero-order valence-corrected chi connectivity index (χ0v) is 16.0. The number of benzene rings is 1. The Hall–Kier alpha value is -3.43. The lowest BCUT2D eigenvalue weighted by Crippen LogP contribution is -2.38. The van der Waals surface area contributed by atoms with Gasteiger partial charge in [-0.1, -0.05) is 23.3 Å². The van der Waals surface area contributed by atoms with Crippen molar-refractivity contribution in [3.05, 3.63) is 47.8 Å². The summed E-state index contributed by atoms with van der Waals surface area (Å²) in [4.78, 5) is 15.8. The fraction of sp³-hybridized carbons (Fsp3) is 0.389. The van der Waals surface area contributed by atoms with Crippen LogP contribution < -0.4 is 5.32 Å². The molecule has 0 bridgehead atoms. The third kappa shape index (κ3) is 3.66. The highest BCUT2D eigenvalue weighted by Gasteiger charge is 2.21. The van der Waals surface area contributed by atoms with Crippen LogP contribution in [-0.2, 0) is 19.6 Å². The SMILES string of the molecule is CN(C)C(=O)N1CCCn2nc(CNc3nnnn3-c3ccccc3)cc2C1. The minimum atomic E-state index is 0.0244. The number of aryl methyl sites for hydroxylation is 1. The number of tetrazole rings is 1. The number of hydrogen-bond donors (Lipinski definition) is 1. The fourth-order valence-corrected chi connectivity index (χ4v) is 3.26. The molecule has 3 heterocycles. The summed E-state index contributed by atoms with van der Waals surface area (Å²) in [6.45, 7) is 2.59. The molecule has 1 aliphatic heterocycles. The molecule has 1 N–H and O–H groups in total. The first kappa shape index (κ1) is 18.0. The van der Waals surface area contributed by atoms with Crippen molar-refractivity contribution >= 4 is 12.0 Å². The highest BCUT2D eigenvalue weighted by Crippen LogP contribution is 2.16. The standard InChI is InChI=1S/C18H23N9O/c1-24(2)18(28)25-9-6-10-26-16(13-25)11-14(21-26)12-19-17-20-22-23-27(17)15-7-4-3-5-8-15/h3-5,7-8,11H,6,9-10,12-13H2,1-2H3,(H,19,20,23). The molecule has 0 fully saturated rings. The topological polar surface area (TPSA) is 97.0 Å². The van der Waals surface area contributed by atoms with Gasteiger partial charge in [0.1, 0.15) is 0 Å². The molecule has 28 heavy (non-hydrogen) atoms. The van der Waals surface area contributed by atoms with Crippen molar-refractivity contribution in [2.45, 2.75) is 26.1 Å². The quantitative estimate of drug-likeness (QED) is 0.733. The van der Waals surface area contributed by atoms with Crippen LogP contribution in [0.4, 0.5) is 10.7 Å². The lowest BCUT2D eigenvalue weighted by atomic mass is 10.3. The number of rotatable bonds is 4. The van der Waals surface area contributed by atoms with E-state index in [0.717, 1.165) is 36.6 Å². The summed E-state index contributed by atoms with van der Waals surface area (Å²) in [7, 11) is 3.55. The maximum absolute atomic E-state index is 12.3. The highest BCUT2D eigenvalue weighted by molar-refractivity contribution is 5.73. The van der Waals surface area contributed by atoms with Gasteiger partial charge in [-0.25, -0.2) is 4.79 Å². The predicted octanol–water partition coefficient (Wildman–Crippen LogP) is 1.36. The molecule has 0 unspecified atom stereocenters. The van der Waals surface area contributed by atoms with Gasteiger partial charge in [0.25, 0.3) is 0 Å². The Morgan fingerprint density at radius 3 is 2.82 bits per heavy atom. The number of amides is 2. The minimum absolute atomic E-state index is 0.0244. The summed E-state index contributed by atoms with van der Waals surface area (Å²) in [6, 6.07) is 11.8. The molecule has 0 saturated carbocycles. The molecule has 0 atom stereocenters. The zero-order chi connectivity index (χ0) is 19.5. The molecule has 0 spiro atoms. The lowest BCUT2D eigenvalue weighted by molar-refractivity contribution is 0.169. The van der Waals surface area contributed by atoms with Gasteiger partial charge in [-0.05, 0) is 35.0 Å². The van der Waals surface area contributed by atoms with E-state index in [9.17, 15) is 4.79 Å². The molecule has 4 rings (SSSR count). The number of carbonyl (C=O) groups excluding carboxylic acids is 1. The van der Waals surface area contributed by atoms with Gasteiger partial charge in [-0.2, -0.15) is 9.78 Å². The van der Waals surface area contributed by atoms with Crippen LogP contribution in [0.15, 0.2) is 36.4 Å². The first-order valence-electron chi connectivity index (χ1n) is 9.21. The zero-order valence-electron chi connectivity index (χ0n) is 16.0. The van der Waals surface area contributed by atoms with Gasteiger partial charge in [0.2, 0.25) is 5.95 Å². The van der Waals surface area contributed by atoms with Crippen molar-refractivity contribution in [2.24, 2.45) is 0 Å². The molecule has 1 aromatic carbocycles. The van der Waals surface area contributed by atoms with Crippen LogP contribution >= 0.6 is 0 Å². The molecule has 10 nitrogen and oxygen atoms in total. The second-order valence-electron chi connectivity index (χ2n) is 6.91. The Bertz CT molecular complexity index is 947. The molecule has 1 aliphatic rings. The van der Waals surface area contributed by atoms with Crippen LogP contribution in [0.3, 0.4) is 0 Å². The number of anilines is 1. The Balaban J connectivity index is 1.46. The van der Waals surface area contributed by atoms with Gasteiger partial charge in [-0.3, -0.25) is 4.68 Å². The Labute approximate surface area is 162 Å². The molecule has 0 aliphatic carbocycles. The maximum Gasteiger partial charge on any atom is 0.319 e. The summed E-state index contributed by atoms with van der Waals surface area (Å²) in [5, 5.41) is 19.8. The fourth-order valence-electron chi connectivity index (χ4n) is 3.26. The molecular formula is C18H23N9O. The molecule has 146 valence electrons. The van der Waals surface area contributed by atoms with Crippen LogP contribution in [-0.4, -0.2) is 66.5 Å². The summed E-state index contributed by atoms with van der Waals surface area (Å²) in [5.41, 5.74) is 2.80. The molecule has 0 saturated heterocycles. The monoisotopic (exact) mass is 381 g/mol. The number of hydrogen-bond acceptors (Lipinski definition) is 6. The molecule has 2 amide bonds. The summed E-state index contributed by atoms with van der Waals surface area (Å²) < 4.78 is 3.64. The van der Waals surface area contributed by atoms with Gasteiger partial charge in [0, 0.05) is 27.2 Å². The number of carbonyl (C=O) groups is 1. The Kier molecular flexibility index (Phi) is 4.92. The minimum Gasteiger partial charge on any atom is -0.347 e.